The van der Waals surface area contributed by atoms with Gasteiger partial charge in [0.1, 0.15) is 9.84 Å². The standard InChI is InChI=1S/C21H36N4O3S/c1-5-22-21(24-18(3)10-15-29(4,26)27)23-16-20(25-11-13-28-14-12-25)19-8-6-17(2)7-9-19/h6-9,18,20H,5,10-16H2,1-4H3,(H2,22,23,24). The summed E-state index contributed by atoms with van der Waals surface area (Å²) in [6, 6.07) is 8.84. The molecule has 1 fully saturated rings. The number of hydrogen-bond donors (Lipinski definition) is 2. The summed E-state index contributed by atoms with van der Waals surface area (Å²) in [7, 11) is -2.97. The average Bonchev–Trinajstić information content (AvgIpc) is 2.68. The largest absolute Gasteiger partial charge is 0.379 e. The van der Waals surface area contributed by atoms with Gasteiger partial charge in [-0.1, -0.05) is 29.8 Å². The van der Waals surface area contributed by atoms with Gasteiger partial charge in [0.25, 0.3) is 0 Å². The molecular weight excluding hydrogens is 388 g/mol. The van der Waals surface area contributed by atoms with Crippen LogP contribution in [0.3, 0.4) is 0 Å². The van der Waals surface area contributed by atoms with Crippen molar-refractivity contribution in [3.05, 3.63) is 35.4 Å². The second-order valence-corrected chi connectivity index (χ2v) is 10.0. The summed E-state index contributed by atoms with van der Waals surface area (Å²) in [5.41, 5.74) is 2.50. The summed E-state index contributed by atoms with van der Waals surface area (Å²) in [6.07, 6.45) is 1.82. The molecule has 0 aromatic heterocycles. The Morgan fingerprint density at radius 1 is 1.24 bits per heavy atom. The maximum absolute atomic E-state index is 11.4. The highest BCUT2D eigenvalue weighted by atomic mass is 32.2. The third-order valence-electron chi connectivity index (χ3n) is 5.02. The first kappa shape index (κ1) is 23.6. The first-order valence-electron chi connectivity index (χ1n) is 10.4. The molecule has 29 heavy (non-hydrogen) atoms. The van der Waals surface area contributed by atoms with Gasteiger partial charge < -0.3 is 15.4 Å². The fraction of sp³-hybridized carbons (Fsp3) is 0.667. The summed E-state index contributed by atoms with van der Waals surface area (Å²) < 4.78 is 28.4. The summed E-state index contributed by atoms with van der Waals surface area (Å²) >= 11 is 0. The minimum absolute atomic E-state index is 0.0173. The second-order valence-electron chi connectivity index (χ2n) is 7.76. The zero-order valence-electron chi connectivity index (χ0n) is 18.1. The number of ether oxygens (including phenoxy) is 1. The maximum Gasteiger partial charge on any atom is 0.191 e. The van der Waals surface area contributed by atoms with Crippen molar-refractivity contribution in [2.45, 2.75) is 39.3 Å². The first-order chi connectivity index (χ1) is 13.8. The number of aliphatic imine (C=N–C) groups is 1. The van der Waals surface area contributed by atoms with Gasteiger partial charge >= 0.3 is 0 Å². The van der Waals surface area contributed by atoms with Gasteiger partial charge in [-0.15, -0.1) is 0 Å². The normalized spacial score (nSPS) is 18.3. The lowest BCUT2D eigenvalue weighted by Crippen LogP contribution is -2.44. The predicted molar refractivity (Wildman–Crippen MR) is 119 cm³/mol. The molecule has 2 N–H and O–H groups in total. The van der Waals surface area contributed by atoms with E-state index in [1.807, 2.05) is 13.8 Å². The van der Waals surface area contributed by atoms with Crippen LogP contribution in [0.4, 0.5) is 0 Å². The average molecular weight is 425 g/mol. The Kier molecular flexibility index (Phi) is 9.39. The monoisotopic (exact) mass is 424 g/mol. The van der Waals surface area contributed by atoms with E-state index in [-0.39, 0.29) is 17.8 Å². The molecule has 0 spiro atoms. The van der Waals surface area contributed by atoms with E-state index < -0.39 is 9.84 Å². The summed E-state index contributed by atoms with van der Waals surface area (Å²) in [5, 5.41) is 6.62. The quantitative estimate of drug-likeness (QED) is 0.464. The molecule has 1 saturated heterocycles. The van der Waals surface area contributed by atoms with Gasteiger partial charge in [0.05, 0.1) is 31.6 Å². The van der Waals surface area contributed by atoms with Crippen LogP contribution in [0.1, 0.15) is 37.4 Å². The Morgan fingerprint density at radius 3 is 2.48 bits per heavy atom. The van der Waals surface area contributed by atoms with Crippen LogP contribution in [0.25, 0.3) is 0 Å². The number of nitrogens with zero attached hydrogens (tertiary/aromatic N) is 2. The van der Waals surface area contributed by atoms with E-state index in [0.717, 1.165) is 38.8 Å². The van der Waals surface area contributed by atoms with Gasteiger partial charge in [-0.3, -0.25) is 9.89 Å². The number of hydrogen-bond acceptors (Lipinski definition) is 5. The maximum atomic E-state index is 11.4. The topological polar surface area (TPSA) is 83.0 Å². The molecule has 0 bridgehead atoms. The lowest BCUT2D eigenvalue weighted by atomic mass is 10.0. The fourth-order valence-corrected chi connectivity index (χ4v) is 4.09. The smallest absolute Gasteiger partial charge is 0.191 e. The minimum Gasteiger partial charge on any atom is -0.379 e. The van der Waals surface area contributed by atoms with E-state index in [0.29, 0.717) is 13.0 Å². The van der Waals surface area contributed by atoms with Gasteiger partial charge in [-0.05, 0) is 32.8 Å². The molecule has 0 saturated carbocycles. The number of morpholine rings is 1. The Labute approximate surface area is 175 Å². The zero-order valence-corrected chi connectivity index (χ0v) is 19.0. The molecular formula is C21H36N4O3S. The van der Waals surface area contributed by atoms with Crippen LogP contribution >= 0.6 is 0 Å². The highest BCUT2D eigenvalue weighted by Gasteiger charge is 2.22. The molecule has 2 atom stereocenters. The number of rotatable bonds is 9. The first-order valence-corrected chi connectivity index (χ1v) is 12.5. The van der Waals surface area contributed by atoms with Crippen molar-refractivity contribution >= 4 is 15.8 Å². The molecule has 1 aliphatic rings. The molecule has 1 aromatic rings. The summed E-state index contributed by atoms with van der Waals surface area (Å²) in [4.78, 5) is 7.26. The van der Waals surface area contributed by atoms with E-state index in [2.05, 4.69) is 46.7 Å². The minimum atomic E-state index is -2.97. The highest BCUT2D eigenvalue weighted by molar-refractivity contribution is 7.90. The van der Waals surface area contributed by atoms with Gasteiger partial charge in [0, 0.05) is 31.9 Å². The molecule has 1 aliphatic heterocycles. The number of nitrogens with one attached hydrogen (secondary N) is 2. The van der Waals surface area contributed by atoms with E-state index in [1.54, 1.807) is 0 Å². The van der Waals surface area contributed by atoms with Gasteiger partial charge in [0.2, 0.25) is 0 Å². The van der Waals surface area contributed by atoms with Crippen molar-refractivity contribution in [2.24, 2.45) is 4.99 Å². The van der Waals surface area contributed by atoms with Crippen LogP contribution in [0.15, 0.2) is 29.3 Å². The number of guanidine groups is 1. The lowest BCUT2D eigenvalue weighted by molar-refractivity contribution is 0.0179. The third-order valence-corrected chi connectivity index (χ3v) is 6.00. The molecule has 0 radical (unpaired) electrons. The van der Waals surface area contributed by atoms with Crippen LogP contribution in [0.5, 0.6) is 0 Å². The molecule has 2 unspecified atom stereocenters. The lowest BCUT2D eigenvalue weighted by Gasteiger charge is -2.34. The van der Waals surface area contributed by atoms with Crippen LogP contribution in [-0.2, 0) is 14.6 Å². The number of aryl methyl sites for hydroxylation is 1. The summed E-state index contributed by atoms with van der Waals surface area (Å²) in [6.45, 7) is 10.7. The molecule has 8 heteroatoms. The van der Waals surface area contributed by atoms with Crippen molar-refractivity contribution in [3.63, 3.8) is 0 Å². The number of benzene rings is 1. The molecule has 164 valence electrons. The predicted octanol–water partition coefficient (Wildman–Crippen LogP) is 1.75. The molecule has 0 aliphatic carbocycles. The Hall–Kier alpha value is -1.64. The van der Waals surface area contributed by atoms with Gasteiger partial charge in [-0.25, -0.2) is 8.42 Å². The van der Waals surface area contributed by atoms with Crippen molar-refractivity contribution < 1.29 is 13.2 Å². The molecule has 0 amide bonds. The zero-order chi connectivity index (χ0) is 21.3. The van der Waals surface area contributed by atoms with Crippen molar-refractivity contribution in [3.8, 4) is 0 Å². The fourth-order valence-electron chi connectivity index (χ4n) is 3.30. The van der Waals surface area contributed by atoms with Gasteiger partial charge in [-0.2, -0.15) is 0 Å². The molecule has 1 heterocycles. The summed E-state index contributed by atoms with van der Waals surface area (Å²) in [5.74, 6) is 0.888. The Balaban J connectivity index is 2.10. The molecule has 1 aromatic carbocycles. The van der Waals surface area contributed by atoms with E-state index >= 15 is 0 Å². The van der Waals surface area contributed by atoms with Crippen LogP contribution in [0, 0.1) is 6.92 Å². The van der Waals surface area contributed by atoms with Crippen molar-refractivity contribution in [1.29, 1.82) is 0 Å². The molecule has 2 rings (SSSR count). The second kappa shape index (κ2) is 11.5. The van der Waals surface area contributed by atoms with E-state index in [1.165, 1.54) is 17.4 Å². The highest BCUT2D eigenvalue weighted by Crippen LogP contribution is 2.23. The Morgan fingerprint density at radius 2 is 1.90 bits per heavy atom. The van der Waals surface area contributed by atoms with Crippen molar-refractivity contribution in [2.75, 3.05) is 51.4 Å². The van der Waals surface area contributed by atoms with Crippen molar-refractivity contribution in [1.82, 2.24) is 15.5 Å². The van der Waals surface area contributed by atoms with Gasteiger partial charge in [0.15, 0.2) is 5.96 Å². The van der Waals surface area contributed by atoms with E-state index in [4.69, 9.17) is 9.73 Å². The third kappa shape index (κ3) is 8.72. The number of sulfone groups is 1. The SMILES string of the molecule is CCNC(=NCC(c1ccc(C)cc1)N1CCOCC1)NC(C)CCS(C)(=O)=O. The van der Waals surface area contributed by atoms with E-state index in [9.17, 15) is 8.42 Å². The Bertz CT molecular complexity index is 744. The molecule has 7 nitrogen and oxygen atoms in total. The van der Waals surface area contributed by atoms with Crippen LogP contribution in [0.2, 0.25) is 0 Å². The van der Waals surface area contributed by atoms with Crippen LogP contribution < -0.4 is 10.6 Å². The van der Waals surface area contributed by atoms with Crippen LogP contribution in [-0.4, -0.2) is 76.7 Å².